The van der Waals surface area contributed by atoms with Gasteiger partial charge in [0.05, 0.1) is 20.6 Å². The molecule has 0 fully saturated rings. The highest BCUT2D eigenvalue weighted by atomic mass is 28.2. The van der Waals surface area contributed by atoms with Crippen molar-refractivity contribution < 1.29 is 0 Å². The second kappa shape index (κ2) is 8.93. The first kappa shape index (κ1) is 21.9. The second-order valence-electron chi connectivity index (χ2n) is 9.67. The number of hydrogen-bond donors (Lipinski definition) is 1. The van der Waals surface area contributed by atoms with Crippen LogP contribution in [0.1, 0.15) is 5.56 Å². The highest BCUT2D eigenvalue weighted by molar-refractivity contribution is 6.67. The van der Waals surface area contributed by atoms with Crippen molar-refractivity contribution in [3.05, 3.63) is 121 Å². The lowest BCUT2D eigenvalue weighted by Gasteiger charge is -2.13. The molecule has 0 amide bonds. The van der Waals surface area contributed by atoms with Crippen molar-refractivity contribution in [2.24, 2.45) is 5.73 Å². The highest BCUT2D eigenvalue weighted by Gasteiger charge is 2.12. The molecule has 7 rings (SSSR count). The molecule has 0 atom stereocenters. The van der Waals surface area contributed by atoms with Crippen LogP contribution in [-0.2, 0) is 6.54 Å². The molecule has 5 aromatic carbocycles. The molecule has 0 aliphatic rings. The predicted octanol–water partition coefficient (Wildman–Crippen LogP) is 5.33. The Hall–Kier alpha value is -4.38. The Morgan fingerprint density at radius 2 is 1.19 bits per heavy atom. The molecule has 2 aromatic heterocycles. The monoisotopic (exact) mass is 491 g/mol. The van der Waals surface area contributed by atoms with Gasteiger partial charge in [-0.25, -0.2) is 0 Å². The number of nitrogens with zero attached hydrogens (tertiary/aromatic N) is 2. The molecular formula is C33H25N3Si. The summed E-state index contributed by atoms with van der Waals surface area (Å²) in [5, 5.41) is 9.95. The maximum atomic E-state index is 5.75. The van der Waals surface area contributed by atoms with Gasteiger partial charge in [0.15, 0.2) is 0 Å². The zero-order valence-corrected chi connectivity index (χ0v) is 21.8. The molecular weight excluding hydrogens is 466 g/mol. The number of pyridine rings is 2. The average Bonchev–Trinajstić information content (AvgIpc) is 2.96. The summed E-state index contributed by atoms with van der Waals surface area (Å²) in [4.78, 5) is 9.86. The highest BCUT2D eigenvalue weighted by Crippen LogP contribution is 2.37. The van der Waals surface area contributed by atoms with Crippen LogP contribution in [0.5, 0.6) is 0 Å². The summed E-state index contributed by atoms with van der Waals surface area (Å²) in [5.41, 5.74) is 11.2. The van der Waals surface area contributed by atoms with Gasteiger partial charge in [0.1, 0.15) is 0 Å². The SMILES string of the molecule is NCc1ccc([SiH2]c2cnc3c(ccc4cc(-c5c6ccccc6cc6ccccc56)cnc43)c2)cc1. The van der Waals surface area contributed by atoms with Crippen molar-refractivity contribution in [3.63, 3.8) is 0 Å². The summed E-state index contributed by atoms with van der Waals surface area (Å²) in [5.74, 6) is 0. The van der Waals surface area contributed by atoms with Crippen molar-refractivity contribution in [1.82, 2.24) is 9.97 Å². The topological polar surface area (TPSA) is 51.8 Å². The Morgan fingerprint density at radius 3 is 1.86 bits per heavy atom. The molecule has 0 saturated heterocycles. The van der Waals surface area contributed by atoms with E-state index in [0.717, 1.165) is 27.4 Å². The Balaban J connectivity index is 1.33. The fourth-order valence-electron chi connectivity index (χ4n) is 5.43. The standard InChI is InChI=1S/C33H25N3Si/c34-18-21-9-13-27(14-10-21)37-28-17-25-12-11-24-16-26(19-35-32(24)33(25)36-20-28)31-29-7-3-1-5-22(29)15-23-6-2-4-8-30(23)31/h1-17,19-20H,18,34,37H2. The summed E-state index contributed by atoms with van der Waals surface area (Å²) in [6.45, 7) is 0.581. The van der Waals surface area contributed by atoms with Crippen molar-refractivity contribution in [2.75, 3.05) is 0 Å². The Kier molecular flexibility index (Phi) is 5.28. The Labute approximate surface area is 217 Å². The maximum Gasteiger partial charge on any atom is 0.0964 e. The molecule has 0 aliphatic heterocycles. The van der Waals surface area contributed by atoms with E-state index >= 15 is 0 Å². The molecule has 176 valence electrons. The third-order valence-electron chi connectivity index (χ3n) is 7.28. The zero-order valence-electron chi connectivity index (χ0n) is 20.4. The summed E-state index contributed by atoms with van der Waals surface area (Å²) in [6, 6.07) is 37.1. The summed E-state index contributed by atoms with van der Waals surface area (Å²) < 4.78 is 0. The predicted molar refractivity (Wildman–Crippen MR) is 160 cm³/mol. The first-order valence-corrected chi connectivity index (χ1v) is 14.0. The van der Waals surface area contributed by atoms with E-state index in [0.29, 0.717) is 6.54 Å². The van der Waals surface area contributed by atoms with Gasteiger partial charge < -0.3 is 5.73 Å². The third-order valence-corrected chi connectivity index (χ3v) is 8.96. The van der Waals surface area contributed by atoms with Crippen LogP contribution in [0.2, 0.25) is 0 Å². The van der Waals surface area contributed by atoms with Crippen LogP contribution in [0, 0.1) is 0 Å². The number of benzene rings is 5. The fraction of sp³-hybridized carbons (Fsp3) is 0.0303. The number of nitrogens with two attached hydrogens (primary N) is 1. The maximum absolute atomic E-state index is 5.75. The van der Waals surface area contributed by atoms with E-state index < -0.39 is 9.52 Å². The van der Waals surface area contributed by atoms with Crippen LogP contribution in [-0.4, -0.2) is 19.5 Å². The van der Waals surface area contributed by atoms with Gasteiger partial charge in [-0.2, -0.15) is 0 Å². The fourth-order valence-corrected chi connectivity index (χ4v) is 6.87. The average molecular weight is 492 g/mol. The van der Waals surface area contributed by atoms with E-state index in [-0.39, 0.29) is 0 Å². The minimum atomic E-state index is -0.603. The van der Waals surface area contributed by atoms with Crippen molar-refractivity contribution in [2.45, 2.75) is 6.54 Å². The third kappa shape index (κ3) is 3.87. The summed E-state index contributed by atoms with van der Waals surface area (Å²) in [7, 11) is -0.603. The van der Waals surface area contributed by atoms with Crippen LogP contribution in [0.3, 0.4) is 0 Å². The lowest BCUT2D eigenvalue weighted by Crippen LogP contribution is -2.27. The van der Waals surface area contributed by atoms with Crippen LogP contribution < -0.4 is 16.1 Å². The molecule has 0 bridgehead atoms. The zero-order chi connectivity index (χ0) is 24.8. The molecule has 2 N–H and O–H groups in total. The van der Waals surface area contributed by atoms with Gasteiger partial charge in [-0.3, -0.25) is 9.97 Å². The molecule has 4 heteroatoms. The van der Waals surface area contributed by atoms with Gasteiger partial charge in [-0.05, 0) is 50.0 Å². The minimum absolute atomic E-state index is 0.581. The first-order chi connectivity index (χ1) is 18.3. The van der Waals surface area contributed by atoms with Crippen LogP contribution >= 0.6 is 0 Å². The molecule has 7 aromatic rings. The molecule has 0 radical (unpaired) electrons. The van der Waals surface area contributed by atoms with Crippen molar-refractivity contribution >= 4 is 63.2 Å². The lowest BCUT2D eigenvalue weighted by molar-refractivity contribution is 1.07. The number of rotatable bonds is 4. The van der Waals surface area contributed by atoms with Gasteiger partial charge in [0.25, 0.3) is 0 Å². The molecule has 0 saturated carbocycles. The van der Waals surface area contributed by atoms with E-state index in [9.17, 15) is 0 Å². The number of hydrogen-bond acceptors (Lipinski definition) is 3. The molecule has 0 unspecified atom stereocenters. The van der Waals surface area contributed by atoms with E-state index in [1.165, 1.54) is 43.0 Å². The molecule has 2 heterocycles. The first-order valence-electron chi connectivity index (χ1n) is 12.6. The van der Waals surface area contributed by atoms with E-state index in [2.05, 4.69) is 103 Å². The normalized spacial score (nSPS) is 11.9. The largest absolute Gasteiger partial charge is 0.326 e. The Bertz CT molecular complexity index is 1890. The number of aromatic nitrogens is 2. The van der Waals surface area contributed by atoms with E-state index in [4.69, 9.17) is 15.7 Å². The quantitative estimate of drug-likeness (QED) is 0.206. The van der Waals surface area contributed by atoms with Gasteiger partial charge >= 0.3 is 0 Å². The van der Waals surface area contributed by atoms with Gasteiger partial charge in [-0.1, -0.05) is 96.2 Å². The van der Waals surface area contributed by atoms with Gasteiger partial charge in [-0.15, -0.1) is 0 Å². The van der Waals surface area contributed by atoms with Gasteiger partial charge in [0, 0.05) is 35.3 Å². The second-order valence-corrected chi connectivity index (χ2v) is 11.7. The summed E-state index contributed by atoms with van der Waals surface area (Å²) in [6.07, 6.45) is 4.05. The van der Waals surface area contributed by atoms with Gasteiger partial charge in [0.2, 0.25) is 0 Å². The van der Waals surface area contributed by atoms with Crippen LogP contribution in [0.15, 0.2) is 116 Å². The Morgan fingerprint density at radius 1 is 0.568 bits per heavy atom. The van der Waals surface area contributed by atoms with Crippen molar-refractivity contribution in [3.8, 4) is 11.1 Å². The summed E-state index contributed by atoms with van der Waals surface area (Å²) >= 11 is 0. The number of fused-ring (bicyclic) bond motifs is 5. The van der Waals surface area contributed by atoms with Crippen LogP contribution in [0.25, 0.3) is 54.5 Å². The minimum Gasteiger partial charge on any atom is -0.326 e. The molecule has 0 aliphatic carbocycles. The lowest BCUT2D eigenvalue weighted by atomic mass is 9.92. The van der Waals surface area contributed by atoms with Crippen LogP contribution in [0.4, 0.5) is 0 Å². The molecule has 3 nitrogen and oxygen atoms in total. The smallest absolute Gasteiger partial charge is 0.0964 e. The molecule has 37 heavy (non-hydrogen) atoms. The molecule has 0 spiro atoms. The van der Waals surface area contributed by atoms with E-state index in [1.807, 2.05) is 12.4 Å². The van der Waals surface area contributed by atoms with E-state index in [1.54, 1.807) is 0 Å². The van der Waals surface area contributed by atoms with Crippen molar-refractivity contribution in [1.29, 1.82) is 0 Å².